The van der Waals surface area contributed by atoms with Crippen LogP contribution in [-0.4, -0.2) is 23.4 Å². The van der Waals surface area contributed by atoms with E-state index in [9.17, 15) is 14.0 Å². The molecule has 0 aliphatic rings. The van der Waals surface area contributed by atoms with Gasteiger partial charge in [0.15, 0.2) is 0 Å². The largest absolute Gasteiger partial charge is 0.460 e. The second kappa shape index (κ2) is 6.70. The van der Waals surface area contributed by atoms with E-state index >= 15 is 0 Å². The Bertz CT molecular complexity index is 512. The number of benzene rings is 1. The number of nitrogens with one attached hydrogen (secondary N) is 1. The van der Waals surface area contributed by atoms with Crippen molar-refractivity contribution in [2.75, 3.05) is 11.2 Å². The molecule has 1 aromatic carbocycles. The van der Waals surface area contributed by atoms with E-state index in [1.165, 1.54) is 18.2 Å². The Morgan fingerprint density at radius 3 is 2.55 bits per heavy atom. The Labute approximate surface area is 122 Å². The molecule has 0 saturated heterocycles. The number of amides is 1. The highest BCUT2D eigenvalue weighted by Crippen LogP contribution is 2.19. The fourth-order valence-electron chi connectivity index (χ4n) is 1.55. The van der Waals surface area contributed by atoms with Gasteiger partial charge in [0.25, 0.3) is 0 Å². The van der Waals surface area contributed by atoms with E-state index in [1.54, 1.807) is 20.8 Å². The van der Waals surface area contributed by atoms with Gasteiger partial charge in [0, 0.05) is 5.69 Å². The van der Waals surface area contributed by atoms with E-state index in [4.69, 9.17) is 16.3 Å². The molecule has 0 aliphatic carbocycles. The molecule has 1 aromatic rings. The van der Waals surface area contributed by atoms with Gasteiger partial charge in [-0.1, -0.05) is 0 Å². The summed E-state index contributed by atoms with van der Waals surface area (Å²) in [5, 5.41) is 2.51. The summed E-state index contributed by atoms with van der Waals surface area (Å²) in [5.74, 6) is -1.64. The quantitative estimate of drug-likeness (QED) is 0.687. The van der Waals surface area contributed by atoms with Crippen LogP contribution in [0.3, 0.4) is 0 Å². The lowest BCUT2D eigenvalue weighted by Gasteiger charge is -2.20. The molecule has 4 nitrogen and oxygen atoms in total. The van der Waals surface area contributed by atoms with Crippen LogP contribution in [0, 0.1) is 5.82 Å². The predicted molar refractivity (Wildman–Crippen MR) is 75.3 cm³/mol. The molecule has 0 spiro atoms. The molecule has 0 bridgehead atoms. The average molecular weight is 302 g/mol. The van der Waals surface area contributed by atoms with E-state index in [0.717, 1.165) is 0 Å². The standard InChI is InChI=1S/C14H17ClFNO3/c1-14(2,3)20-13(19)7-9-6-10(16)4-5-11(9)17-12(18)8-15/h4-6H,7-8H2,1-3H3,(H,17,18). The van der Waals surface area contributed by atoms with Crippen LogP contribution in [-0.2, 0) is 20.7 Å². The second-order valence-corrected chi connectivity index (χ2v) is 5.51. The number of rotatable bonds is 4. The molecule has 0 aliphatic heterocycles. The van der Waals surface area contributed by atoms with Crippen LogP contribution in [0.1, 0.15) is 26.3 Å². The van der Waals surface area contributed by atoms with Crippen molar-refractivity contribution >= 4 is 29.2 Å². The first-order valence-electron chi connectivity index (χ1n) is 6.07. The Morgan fingerprint density at radius 2 is 2.00 bits per heavy atom. The van der Waals surface area contributed by atoms with Crippen LogP contribution >= 0.6 is 11.6 Å². The minimum absolute atomic E-state index is 0.132. The molecule has 20 heavy (non-hydrogen) atoms. The second-order valence-electron chi connectivity index (χ2n) is 5.25. The Hall–Kier alpha value is -1.62. The van der Waals surface area contributed by atoms with Gasteiger partial charge in [-0.15, -0.1) is 11.6 Å². The first-order valence-corrected chi connectivity index (χ1v) is 6.61. The van der Waals surface area contributed by atoms with Crippen molar-refractivity contribution in [3.05, 3.63) is 29.6 Å². The van der Waals surface area contributed by atoms with Crippen LogP contribution in [0.5, 0.6) is 0 Å². The molecule has 0 fully saturated rings. The number of esters is 1. The molecular weight excluding hydrogens is 285 g/mol. The maximum atomic E-state index is 13.3. The van der Waals surface area contributed by atoms with Gasteiger partial charge in [-0.25, -0.2) is 4.39 Å². The molecule has 0 radical (unpaired) electrons. The topological polar surface area (TPSA) is 55.4 Å². The van der Waals surface area contributed by atoms with Crippen molar-refractivity contribution in [3.8, 4) is 0 Å². The Morgan fingerprint density at radius 1 is 1.35 bits per heavy atom. The number of hydrogen-bond donors (Lipinski definition) is 1. The molecule has 1 amide bonds. The fourth-order valence-corrected chi connectivity index (χ4v) is 1.61. The van der Waals surface area contributed by atoms with Crippen LogP contribution < -0.4 is 5.32 Å². The summed E-state index contributed by atoms with van der Waals surface area (Å²) in [4.78, 5) is 23.0. The highest BCUT2D eigenvalue weighted by molar-refractivity contribution is 6.29. The number of carbonyl (C=O) groups is 2. The van der Waals surface area contributed by atoms with Crippen LogP contribution in [0.15, 0.2) is 18.2 Å². The van der Waals surface area contributed by atoms with Crippen molar-refractivity contribution in [1.82, 2.24) is 0 Å². The number of alkyl halides is 1. The first kappa shape index (κ1) is 16.4. The van der Waals surface area contributed by atoms with E-state index in [0.29, 0.717) is 11.3 Å². The van der Waals surface area contributed by atoms with Crippen molar-refractivity contribution in [1.29, 1.82) is 0 Å². The SMILES string of the molecule is CC(C)(C)OC(=O)Cc1cc(F)ccc1NC(=O)CCl. The lowest BCUT2D eigenvalue weighted by atomic mass is 10.1. The summed E-state index contributed by atoms with van der Waals surface area (Å²) in [7, 11) is 0. The van der Waals surface area contributed by atoms with Crippen molar-refractivity contribution in [3.63, 3.8) is 0 Å². The van der Waals surface area contributed by atoms with Crippen LogP contribution in [0.2, 0.25) is 0 Å². The highest BCUT2D eigenvalue weighted by Gasteiger charge is 2.18. The number of ether oxygens (including phenoxy) is 1. The lowest BCUT2D eigenvalue weighted by Crippen LogP contribution is -2.25. The molecule has 110 valence electrons. The minimum Gasteiger partial charge on any atom is -0.460 e. The Kier molecular flexibility index (Phi) is 5.51. The smallest absolute Gasteiger partial charge is 0.310 e. The Balaban J connectivity index is 2.89. The molecule has 1 N–H and O–H groups in total. The van der Waals surface area contributed by atoms with Gasteiger partial charge in [-0.3, -0.25) is 9.59 Å². The van der Waals surface area contributed by atoms with Gasteiger partial charge in [-0.05, 0) is 44.5 Å². The minimum atomic E-state index is -0.621. The monoisotopic (exact) mass is 301 g/mol. The molecule has 0 aromatic heterocycles. The summed E-state index contributed by atoms with van der Waals surface area (Å²) in [5.41, 5.74) is 0.0740. The van der Waals surface area contributed by atoms with Gasteiger partial charge in [0.1, 0.15) is 17.3 Å². The first-order chi connectivity index (χ1) is 9.21. The van der Waals surface area contributed by atoms with E-state index in [1.807, 2.05) is 0 Å². The van der Waals surface area contributed by atoms with Gasteiger partial charge >= 0.3 is 5.97 Å². The summed E-state index contributed by atoms with van der Waals surface area (Å²) in [6.45, 7) is 5.23. The summed E-state index contributed by atoms with van der Waals surface area (Å²) in [6.07, 6.45) is -0.132. The molecule has 0 saturated carbocycles. The third-order valence-corrected chi connectivity index (χ3v) is 2.46. The number of halogens is 2. The molecule has 0 unspecified atom stereocenters. The summed E-state index contributed by atoms with van der Waals surface area (Å²) in [6, 6.07) is 3.77. The summed E-state index contributed by atoms with van der Waals surface area (Å²) < 4.78 is 18.4. The van der Waals surface area contributed by atoms with Gasteiger partial charge in [0.2, 0.25) is 5.91 Å². The molecule has 0 heterocycles. The third-order valence-electron chi connectivity index (χ3n) is 2.22. The zero-order valence-electron chi connectivity index (χ0n) is 11.6. The average Bonchev–Trinajstić information content (AvgIpc) is 2.29. The molecule has 0 atom stereocenters. The van der Waals surface area contributed by atoms with Crippen molar-refractivity contribution in [2.24, 2.45) is 0 Å². The molecule has 6 heteroatoms. The highest BCUT2D eigenvalue weighted by atomic mass is 35.5. The molecular formula is C14H17ClFNO3. The zero-order chi connectivity index (χ0) is 15.3. The lowest BCUT2D eigenvalue weighted by molar-refractivity contribution is -0.153. The molecule has 1 rings (SSSR count). The van der Waals surface area contributed by atoms with Crippen LogP contribution in [0.4, 0.5) is 10.1 Å². The van der Waals surface area contributed by atoms with Crippen molar-refractivity contribution in [2.45, 2.75) is 32.8 Å². The maximum Gasteiger partial charge on any atom is 0.310 e. The number of hydrogen-bond acceptors (Lipinski definition) is 3. The normalized spacial score (nSPS) is 11.1. The van der Waals surface area contributed by atoms with E-state index in [2.05, 4.69) is 5.32 Å². The summed E-state index contributed by atoms with van der Waals surface area (Å²) >= 11 is 5.40. The van der Waals surface area contributed by atoms with E-state index in [-0.39, 0.29) is 12.3 Å². The zero-order valence-corrected chi connectivity index (χ0v) is 12.4. The predicted octanol–water partition coefficient (Wildman–Crippen LogP) is 2.89. The van der Waals surface area contributed by atoms with Gasteiger partial charge < -0.3 is 10.1 Å². The fraction of sp³-hybridized carbons (Fsp3) is 0.429. The van der Waals surface area contributed by atoms with E-state index < -0.39 is 23.3 Å². The number of anilines is 1. The third kappa shape index (κ3) is 5.57. The van der Waals surface area contributed by atoms with Gasteiger partial charge in [0.05, 0.1) is 6.42 Å². The van der Waals surface area contributed by atoms with Crippen LogP contribution in [0.25, 0.3) is 0 Å². The van der Waals surface area contributed by atoms with Crippen molar-refractivity contribution < 1.29 is 18.7 Å². The number of carbonyl (C=O) groups excluding carboxylic acids is 2. The van der Waals surface area contributed by atoms with Gasteiger partial charge in [-0.2, -0.15) is 0 Å². The maximum absolute atomic E-state index is 13.3.